The second-order valence-corrected chi connectivity index (χ2v) is 12.5. The van der Waals surface area contributed by atoms with Gasteiger partial charge in [-0.2, -0.15) is 25.3 Å². The molecule has 0 aliphatic carbocycles. The van der Waals surface area contributed by atoms with E-state index in [-0.39, 0.29) is 23.6 Å². The topological polar surface area (TPSA) is 127 Å². The lowest BCUT2D eigenvalue weighted by atomic mass is 9.93. The monoisotopic (exact) mass is 687 g/mol. The van der Waals surface area contributed by atoms with E-state index in [1.54, 1.807) is 12.1 Å². The van der Waals surface area contributed by atoms with Crippen molar-refractivity contribution < 1.29 is 24.5 Å². The number of amides is 4. The molecule has 252 valence electrons. The van der Waals surface area contributed by atoms with Gasteiger partial charge in [0.1, 0.15) is 0 Å². The van der Waals surface area contributed by atoms with Crippen LogP contribution in [0.2, 0.25) is 0 Å². The second-order valence-electron chi connectivity index (χ2n) is 11.6. The Morgan fingerprint density at radius 2 is 1.04 bits per heavy atom. The summed E-state index contributed by atoms with van der Waals surface area (Å²) in [4.78, 5) is 53.2. The lowest BCUT2D eigenvalue weighted by Gasteiger charge is -2.27. The summed E-state index contributed by atoms with van der Waals surface area (Å²) < 4.78 is 0. The van der Waals surface area contributed by atoms with Crippen molar-refractivity contribution in [3.63, 3.8) is 0 Å². The highest BCUT2D eigenvalue weighted by Gasteiger charge is 2.34. The van der Waals surface area contributed by atoms with Crippen LogP contribution in [0, 0.1) is 0 Å². The number of nitrogens with two attached hydrogens (primary N) is 1. The maximum atomic E-state index is 12.7. The van der Waals surface area contributed by atoms with Crippen LogP contribution < -0.4 is 21.3 Å². The Morgan fingerprint density at radius 1 is 0.604 bits per heavy atom. The van der Waals surface area contributed by atoms with Gasteiger partial charge in [-0.15, -0.1) is 0 Å². The highest BCUT2D eigenvalue weighted by molar-refractivity contribution is 7.80. The number of quaternary nitrogens is 1. The van der Waals surface area contributed by atoms with Gasteiger partial charge in [-0.05, 0) is 56.4 Å². The molecule has 2 heterocycles. The fourth-order valence-electron chi connectivity index (χ4n) is 6.22. The van der Waals surface area contributed by atoms with E-state index in [0.29, 0.717) is 46.8 Å². The molecule has 2 aliphatic heterocycles. The molecule has 0 unspecified atom stereocenters. The van der Waals surface area contributed by atoms with Crippen LogP contribution in [0.4, 0.5) is 11.4 Å². The smallest absolute Gasteiger partial charge is 0.261 e. The average Bonchev–Trinajstić information content (AvgIpc) is 3.10. The Bertz CT molecular complexity index is 1670. The predicted octanol–water partition coefficient (Wildman–Crippen LogP) is 3.75. The summed E-state index contributed by atoms with van der Waals surface area (Å²) in [6, 6.07) is 18.7. The van der Waals surface area contributed by atoms with Crippen molar-refractivity contribution in [2.45, 2.75) is 12.8 Å². The summed E-state index contributed by atoms with van der Waals surface area (Å²) in [7, 11) is 3.98. The minimum absolute atomic E-state index is 0.232. The fourth-order valence-corrected chi connectivity index (χ4v) is 6.62. The summed E-state index contributed by atoms with van der Waals surface area (Å²) in [6.45, 7) is 4.32. The van der Waals surface area contributed by atoms with Gasteiger partial charge in [0.05, 0.1) is 13.6 Å². The SMILES string of the molecule is CNCCCNc1ccc2c3c(cccc13)C(=O)N(CCS)C2=O.C[NH2+]CCCNc1ccc2c3c(cccc13)C(=O)N(CCS)C2=O. The molecule has 4 amide bonds. The molecule has 5 N–H and O–H groups in total. The Morgan fingerprint density at radius 3 is 1.46 bits per heavy atom. The van der Waals surface area contributed by atoms with Gasteiger partial charge >= 0.3 is 0 Å². The lowest BCUT2D eigenvalue weighted by Crippen LogP contribution is -2.79. The molecule has 0 spiro atoms. The van der Waals surface area contributed by atoms with E-state index in [9.17, 15) is 19.2 Å². The lowest BCUT2D eigenvalue weighted by molar-refractivity contribution is -0.626. The molecule has 4 aromatic carbocycles. The maximum absolute atomic E-state index is 12.7. The summed E-state index contributed by atoms with van der Waals surface area (Å²) in [5.74, 6) is -0.0289. The number of imide groups is 2. The first-order valence-electron chi connectivity index (χ1n) is 16.3. The number of thiol groups is 2. The van der Waals surface area contributed by atoms with Crippen molar-refractivity contribution in [2.24, 2.45) is 0 Å². The molecule has 10 nitrogen and oxygen atoms in total. The number of hydrogen-bond donors (Lipinski definition) is 6. The first kappa shape index (κ1) is 35.2. The number of carbonyl (C=O) groups excluding carboxylic acids is 4. The molecule has 6 rings (SSSR count). The fraction of sp³-hybridized carbons (Fsp3) is 0.333. The standard InChI is InChI=1S/2C18H21N3O2S/c2*1-19-8-3-9-20-15-7-6-14-16-12(15)4-2-5-13(16)17(22)21(10-11-24)18(14)23/h2*2,4-7,19-20,24H,3,8-11H2,1H3/p+1. The van der Waals surface area contributed by atoms with Crippen LogP contribution in [0.5, 0.6) is 0 Å². The summed E-state index contributed by atoms with van der Waals surface area (Å²) in [5.41, 5.74) is 4.28. The number of anilines is 2. The van der Waals surface area contributed by atoms with Crippen molar-refractivity contribution >= 4 is 81.8 Å². The van der Waals surface area contributed by atoms with Crippen molar-refractivity contribution in [3.8, 4) is 0 Å². The van der Waals surface area contributed by atoms with Crippen LogP contribution in [-0.4, -0.2) is 98.3 Å². The third-order valence-corrected chi connectivity index (χ3v) is 8.93. The average molecular weight is 688 g/mol. The van der Waals surface area contributed by atoms with Crippen molar-refractivity contribution in [1.82, 2.24) is 15.1 Å². The molecule has 0 atom stereocenters. The van der Waals surface area contributed by atoms with Crippen molar-refractivity contribution in [1.29, 1.82) is 0 Å². The Balaban J connectivity index is 0.000000188. The number of benzene rings is 4. The summed E-state index contributed by atoms with van der Waals surface area (Å²) in [6.07, 6.45) is 2.04. The Hall–Kier alpha value is -4.10. The molecule has 0 bridgehead atoms. The Labute approximate surface area is 291 Å². The van der Waals surface area contributed by atoms with Crippen LogP contribution in [-0.2, 0) is 0 Å². The molecular formula is C36H43N6O4S2+. The van der Waals surface area contributed by atoms with Gasteiger partial charge in [0, 0.05) is 99.3 Å². The summed E-state index contributed by atoms with van der Waals surface area (Å²) in [5, 5.41) is 15.4. The highest BCUT2D eigenvalue weighted by atomic mass is 32.1. The molecule has 0 fully saturated rings. The zero-order valence-electron chi connectivity index (χ0n) is 27.3. The third-order valence-electron chi connectivity index (χ3n) is 8.53. The van der Waals surface area contributed by atoms with E-state index in [0.717, 1.165) is 71.9 Å². The van der Waals surface area contributed by atoms with Gasteiger partial charge in [0.25, 0.3) is 23.6 Å². The number of nitrogens with one attached hydrogen (secondary N) is 3. The van der Waals surface area contributed by atoms with Crippen LogP contribution in [0.3, 0.4) is 0 Å². The number of nitrogens with zero attached hydrogens (tertiary/aromatic N) is 2. The van der Waals surface area contributed by atoms with E-state index in [1.165, 1.54) is 9.80 Å². The van der Waals surface area contributed by atoms with E-state index in [2.05, 4.69) is 53.6 Å². The number of carbonyl (C=O) groups is 4. The zero-order chi connectivity index (χ0) is 34.2. The van der Waals surface area contributed by atoms with Crippen LogP contribution in [0.15, 0.2) is 60.7 Å². The van der Waals surface area contributed by atoms with Crippen molar-refractivity contribution in [2.75, 3.05) is 75.5 Å². The molecule has 0 saturated heterocycles. The maximum Gasteiger partial charge on any atom is 0.261 e. The van der Waals surface area contributed by atoms with Gasteiger partial charge in [0.15, 0.2) is 0 Å². The van der Waals surface area contributed by atoms with Gasteiger partial charge in [-0.3, -0.25) is 29.0 Å². The molecule has 0 saturated carbocycles. The Kier molecular flexibility index (Phi) is 12.0. The van der Waals surface area contributed by atoms with Gasteiger partial charge < -0.3 is 21.3 Å². The van der Waals surface area contributed by atoms with E-state index in [1.807, 2.05) is 55.6 Å². The molecule has 0 radical (unpaired) electrons. The van der Waals surface area contributed by atoms with E-state index < -0.39 is 0 Å². The minimum Gasteiger partial charge on any atom is -0.384 e. The molecule has 0 aromatic heterocycles. The predicted molar refractivity (Wildman–Crippen MR) is 199 cm³/mol. The normalized spacial score (nSPS) is 13.7. The molecule has 12 heteroatoms. The van der Waals surface area contributed by atoms with Gasteiger partial charge in [-0.1, -0.05) is 24.3 Å². The highest BCUT2D eigenvalue weighted by Crippen LogP contribution is 2.35. The van der Waals surface area contributed by atoms with E-state index >= 15 is 0 Å². The third kappa shape index (κ3) is 7.02. The molecule has 4 aromatic rings. The quantitative estimate of drug-likeness (QED) is 0.0678. The zero-order valence-corrected chi connectivity index (χ0v) is 29.1. The van der Waals surface area contributed by atoms with Crippen LogP contribution in [0.25, 0.3) is 21.5 Å². The van der Waals surface area contributed by atoms with Crippen LogP contribution in [0.1, 0.15) is 54.3 Å². The van der Waals surface area contributed by atoms with Gasteiger partial charge in [0.2, 0.25) is 0 Å². The summed E-state index contributed by atoms with van der Waals surface area (Å²) >= 11 is 8.31. The second kappa shape index (κ2) is 16.3. The first-order chi connectivity index (χ1) is 23.4. The largest absolute Gasteiger partial charge is 0.384 e. The first-order valence-corrected chi connectivity index (χ1v) is 17.6. The molecule has 2 aliphatic rings. The minimum atomic E-state index is -0.237. The van der Waals surface area contributed by atoms with Crippen molar-refractivity contribution in [3.05, 3.63) is 82.9 Å². The number of rotatable bonds is 14. The van der Waals surface area contributed by atoms with Gasteiger partial charge in [-0.25, -0.2) is 0 Å². The molecular weight excluding hydrogens is 645 g/mol. The number of hydrogen-bond acceptors (Lipinski definition) is 9. The van der Waals surface area contributed by atoms with E-state index in [4.69, 9.17) is 0 Å². The molecule has 48 heavy (non-hydrogen) atoms. The van der Waals surface area contributed by atoms with Crippen LogP contribution >= 0.6 is 25.3 Å².